The van der Waals surface area contributed by atoms with Crippen LogP contribution in [0.1, 0.15) is 35.3 Å². The number of anilines is 2. The number of thiophene rings is 1. The SMILES string of the molecule is CC(C)C(Nc1nc(C(N)=O)ccc1N)c1cccs1. The molecule has 0 fully saturated rings. The molecule has 0 spiro atoms. The summed E-state index contributed by atoms with van der Waals surface area (Å²) in [5, 5.41) is 5.34. The zero-order valence-corrected chi connectivity index (χ0v) is 12.3. The molecule has 1 amide bonds. The molecule has 6 heteroatoms. The van der Waals surface area contributed by atoms with E-state index in [1.54, 1.807) is 17.4 Å². The quantitative estimate of drug-likeness (QED) is 0.789. The van der Waals surface area contributed by atoms with Crippen LogP contribution < -0.4 is 16.8 Å². The average molecular weight is 290 g/mol. The van der Waals surface area contributed by atoms with Crippen LogP contribution in [0.15, 0.2) is 29.6 Å². The maximum absolute atomic E-state index is 11.2. The molecule has 0 saturated heterocycles. The van der Waals surface area contributed by atoms with Gasteiger partial charge in [0.25, 0.3) is 5.91 Å². The van der Waals surface area contributed by atoms with Crippen LogP contribution in [-0.4, -0.2) is 10.9 Å². The van der Waals surface area contributed by atoms with Crippen molar-refractivity contribution in [2.75, 3.05) is 11.1 Å². The molecule has 5 N–H and O–H groups in total. The molecule has 1 atom stereocenters. The molecule has 0 aliphatic heterocycles. The number of carbonyl (C=O) groups is 1. The van der Waals surface area contributed by atoms with E-state index >= 15 is 0 Å². The lowest BCUT2D eigenvalue weighted by Crippen LogP contribution is -2.19. The summed E-state index contributed by atoms with van der Waals surface area (Å²) in [6.45, 7) is 4.23. The molecule has 0 aliphatic carbocycles. The van der Waals surface area contributed by atoms with Crippen molar-refractivity contribution in [1.82, 2.24) is 4.98 Å². The van der Waals surface area contributed by atoms with Gasteiger partial charge in [0.15, 0.2) is 5.82 Å². The Bertz CT molecular complexity index is 595. The average Bonchev–Trinajstić information content (AvgIpc) is 2.90. The van der Waals surface area contributed by atoms with Crippen LogP contribution in [0.25, 0.3) is 0 Å². The largest absolute Gasteiger partial charge is 0.396 e. The van der Waals surface area contributed by atoms with Gasteiger partial charge in [0.1, 0.15) is 5.69 Å². The number of primary amides is 1. The van der Waals surface area contributed by atoms with Crippen molar-refractivity contribution >= 4 is 28.7 Å². The van der Waals surface area contributed by atoms with Crippen LogP contribution >= 0.6 is 11.3 Å². The Hall–Kier alpha value is -2.08. The fourth-order valence-electron chi connectivity index (χ4n) is 1.90. The van der Waals surface area contributed by atoms with E-state index in [9.17, 15) is 4.79 Å². The van der Waals surface area contributed by atoms with Crippen molar-refractivity contribution < 1.29 is 4.79 Å². The molecule has 0 saturated carbocycles. The summed E-state index contributed by atoms with van der Waals surface area (Å²) in [4.78, 5) is 16.6. The van der Waals surface area contributed by atoms with Crippen LogP contribution in [0.5, 0.6) is 0 Å². The Morgan fingerprint density at radius 3 is 2.65 bits per heavy atom. The molecule has 0 aliphatic rings. The second-order valence-corrected chi connectivity index (χ2v) is 5.86. The zero-order chi connectivity index (χ0) is 14.7. The first kappa shape index (κ1) is 14.3. The summed E-state index contributed by atoms with van der Waals surface area (Å²) in [6.07, 6.45) is 0. The van der Waals surface area contributed by atoms with Gasteiger partial charge in [-0.1, -0.05) is 19.9 Å². The summed E-state index contributed by atoms with van der Waals surface area (Å²) < 4.78 is 0. The predicted molar refractivity (Wildman–Crippen MR) is 82.7 cm³/mol. The maximum Gasteiger partial charge on any atom is 0.267 e. The first-order chi connectivity index (χ1) is 9.49. The van der Waals surface area contributed by atoms with Gasteiger partial charge >= 0.3 is 0 Å². The minimum Gasteiger partial charge on any atom is -0.396 e. The number of hydrogen-bond acceptors (Lipinski definition) is 5. The lowest BCUT2D eigenvalue weighted by molar-refractivity contribution is 0.0995. The summed E-state index contributed by atoms with van der Waals surface area (Å²) in [5.74, 6) is 0.283. The third-order valence-electron chi connectivity index (χ3n) is 2.99. The molecule has 2 aromatic heterocycles. The lowest BCUT2D eigenvalue weighted by atomic mass is 10.0. The predicted octanol–water partition coefficient (Wildman–Crippen LogP) is 2.63. The van der Waals surface area contributed by atoms with Crippen LogP contribution in [0.2, 0.25) is 0 Å². The molecule has 1 unspecified atom stereocenters. The molecule has 2 aromatic rings. The van der Waals surface area contributed by atoms with E-state index < -0.39 is 5.91 Å². The van der Waals surface area contributed by atoms with Crippen LogP contribution in [0.3, 0.4) is 0 Å². The number of nitrogen functional groups attached to an aromatic ring is 1. The van der Waals surface area contributed by atoms with E-state index in [-0.39, 0.29) is 11.7 Å². The van der Waals surface area contributed by atoms with E-state index in [0.717, 1.165) is 0 Å². The highest BCUT2D eigenvalue weighted by Gasteiger charge is 2.19. The Labute approximate surface area is 122 Å². The number of aromatic nitrogens is 1. The molecule has 0 radical (unpaired) electrons. The van der Waals surface area contributed by atoms with Crippen LogP contribution in [-0.2, 0) is 0 Å². The molecule has 20 heavy (non-hydrogen) atoms. The Morgan fingerprint density at radius 2 is 2.10 bits per heavy atom. The van der Waals surface area contributed by atoms with Gasteiger partial charge in [-0.25, -0.2) is 4.98 Å². The molecule has 106 valence electrons. The molecule has 5 nitrogen and oxygen atoms in total. The molecular weight excluding hydrogens is 272 g/mol. The molecular formula is C14H18N4OS. The number of pyridine rings is 1. The van der Waals surface area contributed by atoms with E-state index in [2.05, 4.69) is 30.2 Å². The number of nitrogens with one attached hydrogen (secondary N) is 1. The van der Waals surface area contributed by atoms with E-state index in [1.807, 2.05) is 11.4 Å². The van der Waals surface area contributed by atoms with E-state index in [1.165, 1.54) is 10.9 Å². The summed E-state index contributed by atoms with van der Waals surface area (Å²) in [7, 11) is 0. The number of amides is 1. The first-order valence-electron chi connectivity index (χ1n) is 6.35. The number of nitrogens with zero attached hydrogens (tertiary/aromatic N) is 1. The summed E-state index contributed by atoms with van der Waals surface area (Å²) >= 11 is 1.67. The third kappa shape index (κ3) is 3.08. The number of carbonyl (C=O) groups excluding carboxylic acids is 1. The van der Waals surface area contributed by atoms with Crippen molar-refractivity contribution in [2.24, 2.45) is 11.7 Å². The number of nitrogens with two attached hydrogens (primary N) is 2. The third-order valence-corrected chi connectivity index (χ3v) is 3.94. The maximum atomic E-state index is 11.2. The standard InChI is InChI=1S/C14H18N4OS/c1-8(2)12(11-4-3-7-20-11)18-14-9(15)5-6-10(17-14)13(16)19/h3-8,12H,15H2,1-2H3,(H2,16,19)(H,17,18). The van der Waals surface area contributed by atoms with Gasteiger partial charge in [-0.3, -0.25) is 4.79 Å². The van der Waals surface area contributed by atoms with Gasteiger partial charge in [-0.15, -0.1) is 11.3 Å². The highest BCUT2D eigenvalue weighted by molar-refractivity contribution is 7.10. The molecule has 2 heterocycles. The van der Waals surface area contributed by atoms with Crippen molar-refractivity contribution in [1.29, 1.82) is 0 Å². The van der Waals surface area contributed by atoms with Gasteiger partial charge in [0.05, 0.1) is 11.7 Å². The highest BCUT2D eigenvalue weighted by atomic mass is 32.1. The minimum atomic E-state index is -0.565. The number of rotatable bonds is 5. The Morgan fingerprint density at radius 1 is 1.35 bits per heavy atom. The molecule has 0 aromatic carbocycles. The first-order valence-corrected chi connectivity index (χ1v) is 7.23. The summed E-state index contributed by atoms with van der Waals surface area (Å²) in [6, 6.07) is 7.33. The lowest BCUT2D eigenvalue weighted by Gasteiger charge is -2.22. The molecule has 0 bridgehead atoms. The highest BCUT2D eigenvalue weighted by Crippen LogP contribution is 2.30. The van der Waals surface area contributed by atoms with Crippen molar-refractivity contribution in [3.63, 3.8) is 0 Å². The van der Waals surface area contributed by atoms with Gasteiger partial charge in [0.2, 0.25) is 0 Å². The Kier molecular flexibility index (Phi) is 4.24. The normalized spacial score (nSPS) is 12.3. The topological polar surface area (TPSA) is 94.0 Å². The van der Waals surface area contributed by atoms with Crippen molar-refractivity contribution in [2.45, 2.75) is 19.9 Å². The zero-order valence-electron chi connectivity index (χ0n) is 11.5. The fourth-order valence-corrected chi connectivity index (χ4v) is 2.85. The Balaban J connectivity index is 2.31. The van der Waals surface area contributed by atoms with Crippen LogP contribution in [0.4, 0.5) is 11.5 Å². The van der Waals surface area contributed by atoms with E-state index in [4.69, 9.17) is 11.5 Å². The van der Waals surface area contributed by atoms with Crippen molar-refractivity contribution in [3.8, 4) is 0 Å². The van der Waals surface area contributed by atoms with Gasteiger partial charge in [0, 0.05) is 4.88 Å². The van der Waals surface area contributed by atoms with Gasteiger partial charge < -0.3 is 16.8 Å². The van der Waals surface area contributed by atoms with E-state index in [0.29, 0.717) is 17.4 Å². The monoisotopic (exact) mass is 290 g/mol. The van der Waals surface area contributed by atoms with Crippen LogP contribution in [0, 0.1) is 5.92 Å². The second-order valence-electron chi connectivity index (χ2n) is 4.88. The fraction of sp³-hybridized carbons (Fsp3) is 0.286. The summed E-state index contributed by atoms with van der Waals surface area (Å²) in [5.41, 5.74) is 11.9. The molecule has 2 rings (SSSR count). The van der Waals surface area contributed by atoms with Crippen molar-refractivity contribution in [3.05, 3.63) is 40.2 Å². The smallest absolute Gasteiger partial charge is 0.267 e. The second kappa shape index (κ2) is 5.92. The van der Waals surface area contributed by atoms with Gasteiger partial charge in [-0.05, 0) is 29.5 Å². The number of hydrogen-bond donors (Lipinski definition) is 3. The van der Waals surface area contributed by atoms with Gasteiger partial charge in [-0.2, -0.15) is 0 Å². The minimum absolute atomic E-state index is 0.0907.